The number of amides is 1. The van der Waals surface area contributed by atoms with Gasteiger partial charge in [-0.3, -0.25) is 4.79 Å². The average molecular weight is 435 g/mol. The summed E-state index contributed by atoms with van der Waals surface area (Å²) in [5.74, 6) is 0.523. The van der Waals surface area contributed by atoms with Crippen molar-refractivity contribution in [3.63, 3.8) is 0 Å². The lowest BCUT2D eigenvalue weighted by molar-refractivity contribution is 0.0997. The Morgan fingerprint density at radius 2 is 1.62 bits per heavy atom. The summed E-state index contributed by atoms with van der Waals surface area (Å²) in [7, 11) is 4.47. The zero-order valence-corrected chi connectivity index (χ0v) is 17.9. The molecule has 10 nitrogen and oxygen atoms in total. The summed E-state index contributed by atoms with van der Waals surface area (Å²) in [5, 5.41) is 0. The van der Waals surface area contributed by atoms with E-state index in [4.69, 9.17) is 19.9 Å². The van der Waals surface area contributed by atoms with E-state index in [-0.39, 0.29) is 22.7 Å². The molecule has 2 aromatic heterocycles. The van der Waals surface area contributed by atoms with Crippen LogP contribution in [0.2, 0.25) is 0 Å². The van der Waals surface area contributed by atoms with Crippen molar-refractivity contribution < 1.29 is 19.0 Å². The molecule has 10 heteroatoms. The Morgan fingerprint density at radius 3 is 2.16 bits per heavy atom. The number of aryl methyl sites for hydroxylation is 1. The van der Waals surface area contributed by atoms with Gasteiger partial charge >= 0.3 is 5.69 Å². The van der Waals surface area contributed by atoms with Gasteiger partial charge in [0.25, 0.3) is 5.91 Å². The fraction of sp³-hybridized carbons (Fsp3) is 0.182. The molecule has 4 rings (SSSR count). The van der Waals surface area contributed by atoms with Crippen LogP contribution in [0.25, 0.3) is 28.2 Å². The Balaban J connectivity index is 2.04. The number of nitrogens with zero attached hydrogens (tertiary/aromatic N) is 3. The summed E-state index contributed by atoms with van der Waals surface area (Å²) in [6.45, 7) is 1.94. The Kier molecular flexibility index (Phi) is 5.27. The summed E-state index contributed by atoms with van der Waals surface area (Å²) >= 11 is 0. The van der Waals surface area contributed by atoms with Crippen molar-refractivity contribution in [2.24, 2.45) is 5.73 Å². The molecule has 1 amide bonds. The maximum absolute atomic E-state index is 12.8. The second-order valence-corrected chi connectivity index (χ2v) is 6.97. The summed E-state index contributed by atoms with van der Waals surface area (Å²) < 4.78 is 17.5. The minimum atomic E-state index is -0.802. The third-order valence-corrected chi connectivity index (χ3v) is 4.99. The zero-order valence-electron chi connectivity index (χ0n) is 17.9. The quantitative estimate of drug-likeness (QED) is 0.474. The average Bonchev–Trinajstić information content (AvgIpc) is 3.13. The van der Waals surface area contributed by atoms with Crippen molar-refractivity contribution in [1.29, 1.82) is 0 Å². The van der Waals surface area contributed by atoms with Crippen LogP contribution in [-0.2, 0) is 0 Å². The largest absolute Gasteiger partial charge is 0.493 e. The molecule has 0 bridgehead atoms. The van der Waals surface area contributed by atoms with Gasteiger partial charge in [-0.15, -0.1) is 0 Å². The molecule has 164 valence electrons. The maximum Gasteiger partial charge on any atom is 0.332 e. The molecule has 0 fully saturated rings. The van der Waals surface area contributed by atoms with E-state index in [1.165, 1.54) is 25.9 Å². The third kappa shape index (κ3) is 3.41. The van der Waals surface area contributed by atoms with Gasteiger partial charge in [0, 0.05) is 5.56 Å². The summed E-state index contributed by atoms with van der Waals surface area (Å²) in [6.07, 6.45) is 0. The third-order valence-electron chi connectivity index (χ3n) is 4.99. The predicted molar refractivity (Wildman–Crippen MR) is 118 cm³/mol. The normalized spacial score (nSPS) is 10.9. The second kappa shape index (κ2) is 8.06. The minimum Gasteiger partial charge on any atom is -0.493 e. The molecular formula is C22H21N5O5. The van der Waals surface area contributed by atoms with Crippen LogP contribution >= 0.6 is 0 Å². The molecule has 0 aliphatic heterocycles. The van der Waals surface area contributed by atoms with E-state index in [0.29, 0.717) is 28.5 Å². The number of rotatable bonds is 6. The van der Waals surface area contributed by atoms with Gasteiger partial charge < -0.3 is 24.9 Å². The van der Waals surface area contributed by atoms with E-state index in [0.717, 1.165) is 5.56 Å². The number of imidazole rings is 1. The molecule has 4 aromatic rings. The minimum absolute atomic E-state index is 0.110. The van der Waals surface area contributed by atoms with Crippen molar-refractivity contribution in [2.75, 3.05) is 21.3 Å². The molecule has 0 radical (unpaired) electrons. The molecule has 2 aromatic carbocycles. The van der Waals surface area contributed by atoms with Gasteiger partial charge in [-0.05, 0) is 31.2 Å². The molecule has 0 saturated carbocycles. The van der Waals surface area contributed by atoms with Crippen LogP contribution in [0.3, 0.4) is 0 Å². The first-order valence-electron chi connectivity index (χ1n) is 9.58. The topological polar surface area (TPSA) is 134 Å². The van der Waals surface area contributed by atoms with E-state index in [1.807, 2.05) is 19.1 Å². The van der Waals surface area contributed by atoms with Gasteiger partial charge in [-0.2, -0.15) is 0 Å². The van der Waals surface area contributed by atoms with Crippen LogP contribution in [0.4, 0.5) is 0 Å². The number of aromatic nitrogens is 4. The van der Waals surface area contributed by atoms with E-state index in [9.17, 15) is 9.59 Å². The fourth-order valence-corrected chi connectivity index (χ4v) is 3.44. The molecule has 0 spiro atoms. The highest BCUT2D eigenvalue weighted by atomic mass is 16.5. The number of methoxy groups -OCH3 is 3. The molecule has 0 aliphatic rings. The van der Waals surface area contributed by atoms with Crippen LogP contribution in [0.15, 0.2) is 41.2 Å². The number of aromatic amines is 1. The zero-order chi connectivity index (χ0) is 23.0. The van der Waals surface area contributed by atoms with Crippen LogP contribution in [0.1, 0.15) is 16.1 Å². The Morgan fingerprint density at radius 1 is 1.00 bits per heavy atom. The summed E-state index contributed by atoms with van der Waals surface area (Å²) in [6, 6.07) is 10.6. The van der Waals surface area contributed by atoms with Gasteiger partial charge in [0.15, 0.2) is 28.7 Å². The molecule has 0 atom stereocenters. The highest BCUT2D eigenvalue weighted by Gasteiger charge is 2.22. The van der Waals surface area contributed by atoms with E-state index in [1.54, 1.807) is 24.3 Å². The number of ether oxygens (including phenoxy) is 3. The first kappa shape index (κ1) is 20.9. The van der Waals surface area contributed by atoms with E-state index in [2.05, 4.69) is 15.0 Å². The standard InChI is InChI=1S/C22H21N5O5/c1-11-5-7-13(8-6-11)27-21-17(25-22(27)29)16(19(23)28)24-20(26-21)12-9-14(30-2)18(32-4)15(10-12)31-3/h5-10H,1-4H3,(H2,23,28)(H,25,29). The monoisotopic (exact) mass is 435 g/mol. The first-order chi connectivity index (χ1) is 15.4. The molecule has 3 N–H and O–H groups in total. The lowest BCUT2D eigenvalue weighted by Crippen LogP contribution is -2.15. The molecule has 0 unspecified atom stereocenters. The van der Waals surface area contributed by atoms with Gasteiger partial charge in [0.1, 0.15) is 5.52 Å². The number of nitrogens with one attached hydrogen (secondary N) is 1. The van der Waals surface area contributed by atoms with E-state index >= 15 is 0 Å². The SMILES string of the molecule is COc1cc(-c2nc(C(N)=O)c3[nH]c(=O)n(-c4ccc(C)cc4)c3n2)cc(OC)c1OC. The smallest absolute Gasteiger partial charge is 0.332 e. The van der Waals surface area contributed by atoms with Gasteiger partial charge in [-0.1, -0.05) is 17.7 Å². The Bertz CT molecular complexity index is 1360. The van der Waals surface area contributed by atoms with Crippen molar-refractivity contribution >= 4 is 17.1 Å². The fourth-order valence-electron chi connectivity index (χ4n) is 3.44. The van der Waals surface area contributed by atoms with Crippen molar-refractivity contribution in [3.8, 4) is 34.3 Å². The van der Waals surface area contributed by atoms with Gasteiger partial charge in [-0.25, -0.2) is 19.3 Å². The summed E-state index contributed by atoms with van der Waals surface area (Å²) in [4.78, 5) is 36.5. The van der Waals surface area contributed by atoms with Crippen molar-refractivity contribution in [3.05, 3.63) is 58.1 Å². The van der Waals surface area contributed by atoms with Gasteiger partial charge in [0.2, 0.25) is 5.75 Å². The number of H-pyrrole nitrogens is 1. The van der Waals surface area contributed by atoms with Crippen LogP contribution in [0.5, 0.6) is 17.2 Å². The molecule has 0 aliphatic carbocycles. The Hall–Kier alpha value is -4.34. The van der Waals surface area contributed by atoms with Crippen LogP contribution < -0.4 is 25.6 Å². The number of hydrogen-bond acceptors (Lipinski definition) is 7. The molecular weight excluding hydrogens is 414 g/mol. The lowest BCUT2D eigenvalue weighted by atomic mass is 10.1. The number of nitrogens with two attached hydrogens (primary N) is 1. The van der Waals surface area contributed by atoms with Crippen molar-refractivity contribution in [2.45, 2.75) is 6.92 Å². The number of primary amides is 1. The maximum atomic E-state index is 12.8. The summed E-state index contributed by atoms with van der Waals surface area (Å²) in [5.41, 5.74) is 7.45. The lowest BCUT2D eigenvalue weighted by Gasteiger charge is -2.14. The Labute approximate surface area is 182 Å². The highest BCUT2D eigenvalue weighted by molar-refractivity contribution is 6.02. The number of hydrogen-bond donors (Lipinski definition) is 2. The van der Waals surface area contributed by atoms with Crippen LogP contribution in [0, 0.1) is 6.92 Å². The number of benzene rings is 2. The second-order valence-electron chi connectivity index (χ2n) is 6.97. The molecule has 0 saturated heterocycles. The first-order valence-corrected chi connectivity index (χ1v) is 9.58. The van der Waals surface area contributed by atoms with Gasteiger partial charge in [0.05, 0.1) is 27.0 Å². The van der Waals surface area contributed by atoms with Crippen LogP contribution in [-0.4, -0.2) is 46.8 Å². The molecule has 2 heterocycles. The number of carbonyl (C=O) groups excluding carboxylic acids is 1. The predicted octanol–water partition coefficient (Wildman–Crippen LogP) is 2.21. The highest BCUT2D eigenvalue weighted by Crippen LogP contribution is 2.40. The van der Waals surface area contributed by atoms with E-state index < -0.39 is 11.6 Å². The number of fused-ring (bicyclic) bond motifs is 1. The van der Waals surface area contributed by atoms with Crippen molar-refractivity contribution in [1.82, 2.24) is 19.5 Å². The molecule has 32 heavy (non-hydrogen) atoms. The number of carbonyl (C=O) groups is 1.